The Labute approximate surface area is 268 Å². The molecule has 10 rings (SSSR count). The van der Waals surface area contributed by atoms with E-state index in [4.69, 9.17) is 4.42 Å². The van der Waals surface area contributed by atoms with Crippen molar-refractivity contribution in [2.75, 3.05) is 0 Å². The van der Waals surface area contributed by atoms with Crippen molar-refractivity contribution in [3.63, 3.8) is 0 Å². The third-order valence-corrected chi connectivity index (χ3v) is 9.50. The smallest absolute Gasteiger partial charge is 0.200 e. The van der Waals surface area contributed by atoms with Crippen LogP contribution in [0, 0.1) is 0 Å². The second-order valence-electron chi connectivity index (χ2n) is 12.1. The zero-order valence-electron chi connectivity index (χ0n) is 25.2. The van der Waals surface area contributed by atoms with Crippen LogP contribution >= 0.6 is 0 Å². The van der Waals surface area contributed by atoms with Gasteiger partial charge in [-0.15, -0.1) is 0 Å². The van der Waals surface area contributed by atoms with Crippen LogP contribution in [-0.2, 0) is 0 Å². The quantitative estimate of drug-likeness (QED) is 0.189. The first-order valence-corrected chi connectivity index (χ1v) is 15.8. The van der Waals surface area contributed by atoms with Crippen LogP contribution in [0.15, 0.2) is 167 Å². The highest BCUT2D eigenvalue weighted by Crippen LogP contribution is 2.40. The van der Waals surface area contributed by atoms with E-state index in [-0.39, 0.29) is 5.43 Å². The molecule has 0 fully saturated rings. The minimum atomic E-state index is -0.0323. The van der Waals surface area contributed by atoms with Crippen LogP contribution in [0.1, 0.15) is 0 Å². The van der Waals surface area contributed by atoms with Gasteiger partial charge in [-0.2, -0.15) is 0 Å². The zero-order valence-corrected chi connectivity index (χ0v) is 25.2. The molecule has 3 heterocycles. The lowest BCUT2D eigenvalue weighted by molar-refractivity contribution is 0.660. The second kappa shape index (κ2) is 9.80. The Balaban J connectivity index is 1.25. The van der Waals surface area contributed by atoms with Crippen molar-refractivity contribution in [3.8, 4) is 22.5 Å². The molecule has 0 atom stereocenters. The Morgan fingerprint density at radius 1 is 0.362 bits per heavy atom. The number of para-hydroxylation sites is 3. The first-order chi connectivity index (χ1) is 23.2. The molecule has 0 unspecified atom stereocenters. The standard InChI is InChI=1S/C43H26N2O2/c46-43-33-21-19-28(27-11-3-1-4-12-27)23-42(33)47-41-22-20-30(24-36(41)43)45-38-18-10-8-16-32(38)35-25-34-31-15-7-9-17-37(31)44(39(34)26-40(35)45)29-13-5-2-6-14-29/h1-26H. The van der Waals surface area contributed by atoms with E-state index in [1.165, 1.54) is 27.1 Å². The largest absolute Gasteiger partial charge is 0.456 e. The van der Waals surface area contributed by atoms with Gasteiger partial charge in [0.2, 0.25) is 5.43 Å². The van der Waals surface area contributed by atoms with Crippen molar-refractivity contribution >= 4 is 65.6 Å². The normalized spacial score (nSPS) is 11.9. The highest BCUT2D eigenvalue weighted by atomic mass is 16.3. The molecule has 4 nitrogen and oxygen atoms in total. The summed E-state index contributed by atoms with van der Waals surface area (Å²) in [6.45, 7) is 0. The fourth-order valence-corrected chi connectivity index (χ4v) is 7.36. The summed E-state index contributed by atoms with van der Waals surface area (Å²) >= 11 is 0. The number of hydrogen-bond donors (Lipinski definition) is 0. The molecule has 0 radical (unpaired) electrons. The number of nitrogens with zero attached hydrogens (tertiary/aromatic N) is 2. The van der Waals surface area contributed by atoms with Gasteiger partial charge in [0.1, 0.15) is 11.2 Å². The van der Waals surface area contributed by atoms with E-state index in [1.807, 2.05) is 48.5 Å². The molecule has 0 spiro atoms. The van der Waals surface area contributed by atoms with E-state index in [0.29, 0.717) is 21.9 Å². The highest BCUT2D eigenvalue weighted by molar-refractivity contribution is 6.19. The van der Waals surface area contributed by atoms with Crippen LogP contribution in [0.5, 0.6) is 0 Å². The van der Waals surface area contributed by atoms with Gasteiger partial charge in [0.15, 0.2) is 0 Å². The van der Waals surface area contributed by atoms with E-state index in [2.05, 4.69) is 118 Å². The number of hydrogen-bond acceptors (Lipinski definition) is 2. The summed E-state index contributed by atoms with van der Waals surface area (Å²) in [6.07, 6.45) is 0. The van der Waals surface area contributed by atoms with E-state index >= 15 is 0 Å². The van der Waals surface area contributed by atoms with Crippen LogP contribution in [0.2, 0.25) is 0 Å². The van der Waals surface area contributed by atoms with E-state index in [1.54, 1.807) is 0 Å². The predicted octanol–water partition coefficient (Wildman–Crippen LogP) is 10.8. The first-order valence-electron chi connectivity index (χ1n) is 15.8. The molecule has 7 aromatic carbocycles. The number of benzene rings is 7. The molecule has 220 valence electrons. The fourth-order valence-electron chi connectivity index (χ4n) is 7.36. The Kier molecular flexibility index (Phi) is 5.40. The lowest BCUT2D eigenvalue weighted by Crippen LogP contribution is -2.04. The maximum Gasteiger partial charge on any atom is 0.200 e. The second-order valence-corrected chi connectivity index (χ2v) is 12.1. The molecule has 0 aliphatic carbocycles. The molecule has 0 N–H and O–H groups in total. The average molecular weight is 603 g/mol. The van der Waals surface area contributed by atoms with Gasteiger partial charge in [-0.25, -0.2) is 0 Å². The van der Waals surface area contributed by atoms with Crippen LogP contribution in [0.4, 0.5) is 0 Å². The third kappa shape index (κ3) is 3.79. The highest BCUT2D eigenvalue weighted by Gasteiger charge is 2.19. The van der Waals surface area contributed by atoms with Gasteiger partial charge in [0.05, 0.1) is 32.8 Å². The predicted molar refractivity (Wildman–Crippen MR) is 194 cm³/mol. The minimum Gasteiger partial charge on any atom is -0.456 e. The average Bonchev–Trinajstić information content (AvgIpc) is 3.63. The van der Waals surface area contributed by atoms with Crippen molar-refractivity contribution in [2.24, 2.45) is 0 Å². The Hall–Kier alpha value is -6.39. The minimum absolute atomic E-state index is 0.0323. The summed E-state index contributed by atoms with van der Waals surface area (Å²) in [5.74, 6) is 0. The van der Waals surface area contributed by atoms with Crippen LogP contribution in [0.25, 0.3) is 88.1 Å². The van der Waals surface area contributed by atoms with Gasteiger partial charge in [-0.1, -0.05) is 91.0 Å². The molecule has 3 aromatic heterocycles. The topological polar surface area (TPSA) is 40.1 Å². The molecule has 0 saturated heterocycles. The summed E-state index contributed by atoms with van der Waals surface area (Å²) in [5.41, 5.74) is 9.73. The van der Waals surface area contributed by atoms with Crippen molar-refractivity contribution in [2.45, 2.75) is 0 Å². The maximum atomic E-state index is 14.0. The Morgan fingerprint density at radius 3 is 1.68 bits per heavy atom. The summed E-state index contributed by atoms with van der Waals surface area (Å²) in [5, 5.41) is 5.90. The lowest BCUT2D eigenvalue weighted by Gasteiger charge is -2.11. The Bertz CT molecular complexity index is 2910. The van der Waals surface area contributed by atoms with E-state index in [0.717, 1.165) is 39.1 Å². The zero-order chi connectivity index (χ0) is 31.1. The molecule has 0 bridgehead atoms. The molecular formula is C43H26N2O2. The summed E-state index contributed by atoms with van der Waals surface area (Å²) in [6, 6.07) is 54.2. The molecule has 4 heteroatoms. The Morgan fingerprint density at radius 2 is 0.979 bits per heavy atom. The fraction of sp³-hybridized carbons (Fsp3) is 0. The van der Waals surface area contributed by atoms with Gasteiger partial charge in [0, 0.05) is 32.9 Å². The van der Waals surface area contributed by atoms with Gasteiger partial charge in [0.25, 0.3) is 0 Å². The first kappa shape index (κ1) is 25.9. The molecule has 0 aliphatic rings. The van der Waals surface area contributed by atoms with Crippen molar-refractivity contribution in [3.05, 3.63) is 168 Å². The van der Waals surface area contributed by atoms with E-state index in [9.17, 15) is 4.79 Å². The van der Waals surface area contributed by atoms with Crippen molar-refractivity contribution in [1.29, 1.82) is 0 Å². The monoisotopic (exact) mass is 602 g/mol. The van der Waals surface area contributed by atoms with Crippen LogP contribution < -0.4 is 5.43 Å². The molecular weight excluding hydrogens is 576 g/mol. The molecule has 0 saturated carbocycles. The summed E-state index contributed by atoms with van der Waals surface area (Å²) in [7, 11) is 0. The van der Waals surface area contributed by atoms with Gasteiger partial charge in [-0.3, -0.25) is 4.79 Å². The maximum absolute atomic E-state index is 14.0. The molecule has 0 amide bonds. The molecule has 0 aliphatic heterocycles. The number of rotatable bonds is 3. The van der Waals surface area contributed by atoms with Crippen LogP contribution in [-0.4, -0.2) is 9.13 Å². The van der Waals surface area contributed by atoms with E-state index < -0.39 is 0 Å². The number of aromatic nitrogens is 2. The lowest BCUT2D eigenvalue weighted by atomic mass is 10.0. The van der Waals surface area contributed by atoms with Crippen molar-refractivity contribution < 1.29 is 4.42 Å². The summed E-state index contributed by atoms with van der Waals surface area (Å²) < 4.78 is 11.0. The van der Waals surface area contributed by atoms with Gasteiger partial charge in [-0.05, 0) is 77.9 Å². The van der Waals surface area contributed by atoms with Crippen molar-refractivity contribution in [1.82, 2.24) is 9.13 Å². The number of fused-ring (bicyclic) bond motifs is 8. The van der Waals surface area contributed by atoms with Crippen LogP contribution in [0.3, 0.4) is 0 Å². The molecule has 47 heavy (non-hydrogen) atoms. The summed E-state index contributed by atoms with van der Waals surface area (Å²) in [4.78, 5) is 14.0. The molecule has 10 aromatic rings. The SMILES string of the molecule is O=c1c2ccc(-c3ccccc3)cc2oc2ccc(-n3c4ccccc4c4cc5c6ccccc6n(-c6ccccc6)c5cc43)cc12. The van der Waals surface area contributed by atoms with Gasteiger partial charge < -0.3 is 13.6 Å². The third-order valence-electron chi connectivity index (χ3n) is 9.50. The van der Waals surface area contributed by atoms with Gasteiger partial charge >= 0.3 is 0 Å².